The molecule has 1 saturated heterocycles. The van der Waals surface area contributed by atoms with Crippen molar-refractivity contribution in [3.63, 3.8) is 0 Å². The number of imide groups is 1. The third-order valence-electron chi connectivity index (χ3n) is 2.75. The van der Waals surface area contributed by atoms with E-state index in [4.69, 9.17) is 4.42 Å². The molecule has 5 nitrogen and oxygen atoms in total. The first-order valence-electron chi connectivity index (χ1n) is 5.87. The second-order valence-electron chi connectivity index (χ2n) is 4.18. The number of benzene rings is 1. The van der Waals surface area contributed by atoms with Gasteiger partial charge in [0.1, 0.15) is 11.5 Å². The Balaban J connectivity index is 1.94. The van der Waals surface area contributed by atoms with Gasteiger partial charge in [0.25, 0.3) is 11.1 Å². The van der Waals surface area contributed by atoms with Gasteiger partial charge in [-0.15, -0.1) is 0 Å². The van der Waals surface area contributed by atoms with Crippen LogP contribution in [0.1, 0.15) is 5.76 Å². The Morgan fingerprint density at radius 1 is 1.24 bits per heavy atom. The van der Waals surface area contributed by atoms with E-state index in [1.807, 2.05) is 0 Å². The van der Waals surface area contributed by atoms with Gasteiger partial charge in [0.2, 0.25) is 0 Å². The van der Waals surface area contributed by atoms with E-state index >= 15 is 0 Å². The summed E-state index contributed by atoms with van der Waals surface area (Å²) in [4.78, 5) is 25.6. The molecule has 7 heteroatoms. The van der Waals surface area contributed by atoms with Crippen molar-refractivity contribution in [3.8, 4) is 5.75 Å². The lowest BCUT2D eigenvalue weighted by molar-refractivity contribution is -0.113. The lowest BCUT2D eigenvalue weighted by Crippen LogP contribution is -2.27. The molecule has 21 heavy (non-hydrogen) atoms. The molecule has 0 unspecified atom stereocenters. The Kier molecular flexibility index (Phi) is 3.60. The van der Waals surface area contributed by atoms with Crippen molar-refractivity contribution in [2.75, 3.05) is 4.90 Å². The summed E-state index contributed by atoms with van der Waals surface area (Å²) in [5.41, 5.74) is 0.335. The quantitative estimate of drug-likeness (QED) is 0.814. The average molecular weight is 366 g/mol. The number of halogens is 1. The van der Waals surface area contributed by atoms with Crippen molar-refractivity contribution in [3.05, 3.63) is 51.7 Å². The van der Waals surface area contributed by atoms with Crippen LogP contribution in [0.5, 0.6) is 5.75 Å². The van der Waals surface area contributed by atoms with Gasteiger partial charge in [0, 0.05) is 12.1 Å². The monoisotopic (exact) mass is 365 g/mol. The number of phenols is 1. The maximum absolute atomic E-state index is 12.3. The number of furan rings is 1. The van der Waals surface area contributed by atoms with Crippen LogP contribution in [0, 0.1) is 0 Å². The number of nitrogens with zero attached hydrogens (tertiary/aromatic N) is 1. The molecule has 0 spiro atoms. The van der Waals surface area contributed by atoms with Gasteiger partial charge in [-0.25, -0.2) is 4.90 Å². The Labute approximate surface area is 132 Å². The van der Waals surface area contributed by atoms with Crippen molar-refractivity contribution in [1.82, 2.24) is 0 Å². The van der Waals surface area contributed by atoms with E-state index < -0.39 is 11.1 Å². The number of rotatable bonds is 2. The molecule has 0 atom stereocenters. The number of hydrogen-bond donors (Lipinski definition) is 1. The third kappa shape index (κ3) is 2.74. The number of hydrogen-bond acceptors (Lipinski definition) is 5. The van der Waals surface area contributed by atoms with Gasteiger partial charge in [0.15, 0.2) is 4.67 Å². The fraction of sp³-hybridized carbons (Fsp3) is 0. The number of phenolic OH excluding ortho intramolecular Hbond substituents is 1. The van der Waals surface area contributed by atoms with Gasteiger partial charge in [-0.1, -0.05) is 6.07 Å². The topological polar surface area (TPSA) is 70.8 Å². The summed E-state index contributed by atoms with van der Waals surface area (Å²) < 4.78 is 5.84. The predicted molar refractivity (Wildman–Crippen MR) is 83.0 cm³/mol. The highest BCUT2D eigenvalue weighted by Gasteiger charge is 2.36. The summed E-state index contributed by atoms with van der Waals surface area (Å²) in [6.07, 6.45) is 1.51. The molecule has 1 aliphatic heterocycles. The molecule has 106 valence electrons. The molecular weight excluding hydrogens is 358 g/mol. The predicted octanol–water partition coefficient (Wildman–Crippen LogP) is 3.99. The average Bonchev–Trinajstić information content (AvgIpc) is 2.94. The Morgan fingerprint density at radius 2 is 2.05 bits per heavy atom. The normalized spacial score (nSPS) is 17.0. The number of carbonyl (C=O) groups is 2. The molecule has 1 N–H and O–H groups in total. The zero-order chi connectivity index (χ0) is 15.0. The largest absolute Gasteiger partial charge is 0.508 e. The number of aromatic hydroxyl groups is 1. The molecule has 2 heterocycles. The fourth-order valence-corrected chi connectivity index (χ4v) is 3.00. The highest BCUT2D eigenvalue weighted by molar-refractivity contribution is 9.10. The number of amides is 2. The molecule has 1 aliphatic rings. The molecule has 0 bridgehead atoms. The summed E-state index contributed by atoms with van der Waals surface area (Å²) in [6.45, 7) is 0. The van der Waals surface area contributed by atoms with E-state index in [9.17, 15) is 14.7 Å². The first-order valence-corrected chi connectivity index (χ1v) is 7.48. The van der Waals surface area contributed by atoms with Crippen molar-refractivity contribution >= 4 is 50.6 Å². The van der Waals surface area contributed by atoms with Crippen LogP contribution in [0.4, 0.5) is 10.5 Å². The highest BCUT2D eigenvalue weighted by atomic mass is 79.9. The number of anilines is 1. The molecule has 2 aromatic rings. The van der Waals surface area contributed by atoms with Crippen LogP contribution in [0.25, 0.3) is 6.08 Å². The van der Waals surface area contributed by atoms with E-state index in [-0.39, 0.29) is 10.7 Å². The summed E-state index contributed by atoms with van der Waals surface area (Å²) in [5, 5.41) is 9.04. The Morgan fingerprint density at radius 3 is 2.71 bits per heavy atom. The van der Waals surface area contributed by atoms with Crippen molar-refractivity contribution in [2.45, 2.75) is 0 Å². The van der Waals surface area contributed by atoms with E-state index in [2.05, 4.69) is 15.9 Å². The standard InChI is InChI=1S/C14H8BrNO4S/c15-12-5-4-10(20-12)7-11-13(18)16(14(19)21-11)8-2-1-3-9(17)6-8/h1-7,17H. The maximum Gasteiger partial charge on any atom is 0.298 e. The molecule has 0 saturated carbocycles. The summed E-state index contributed by atoms with van der Waals surface area (Å²) in [6, 6.07) is 9.38. The second-order valence-corrected chi connectivity index (χ2v) is 5.95. The van der Waals surface area contributed by atoms with E-state index in [1.54, 1.807) is 24.3 Å². The van der Waals surface area contributed by atoms with Crippen LogP contribution in [0.3, 0.4) is 0 Å². The molecule has 2 amide bonds. The smallest absolute Gasteiger partial charge is 0.298 e. The Bertz CT molecular complexity index is 768. The SMILES string of the molecule is O=C1SC(=Cc2ccc(Br)o2)C(=O)N1c1cccc(O)c1. The fourth-order valence-electron chi connectivity index (χ4n) is 1.86. The lowest BCUT2D eigenvalue weighted by atomic mass is 10.2. The molecule has 0 radical (unpaired) electrons. The minimum absolute atomic E-state index is 0.00880. The van der Waals surface area contributed by atoms with E-state index in [1.165, 1.54) is 18.2 Å². The summed E-state index contributed by atoms with van der Waals surface area (Å²) in [7, 11) is 0. The van der Waals surface area contributed by atoms with Crippen LogP contribution in [0.2, 0.25) is 0 Å². The first kappa shape index (κ1) is 14.0. The van der Waals surface area contributed by atoms with Gasteiger partial charge in [-0.2, -0.15) is 0 Å². The van der Waals surface area contributed by atoms with Gasteiger partial charge in [0.05, 0.1) is 10.6 Å². The summed E-state index contributed by atoms with van der Waals surface area (Å²) in [5.74, 6) is 0.0249. The molecule has 1 aromatic heterocycles. The zero-order valence-corrected chi connectivity index (χ0v) is 12.8. The van der Waals surface area contributed by atoms with Gasteiger partial charge >= 0.3 is 0 Å². The minimum Gasteiger partial charge on any atom is -0.508 e. The second kappa shape index (κ2) is 5.42. The van der Waals surface area contributed by atoms with Crippen molar-refractivity contribution in [2.24, 2.45) is 0 Å². The molecular formula is C14H8BrNO4S. The maximum atomic E-state index is 12.3. The first-order chi connectivity index (χ1) is 10.0. The van der Waals surface area contributed by atoms with Gasteiger partial charge in [-0.05, 0) is 52.0 Å². The van der Waals surface area contributed by atoms with Crippen LogP contribution in [-0.4, -0.2) is 16.3 Å². The van der Waals surface area contributed by atoms with Crippen LogP contribution < -0.4 is 4.90 Å². The number of thioether (sulfide) groups is 1. The molecule has 3 rings (SSSR count). The Hall–Kier alpha value is -1.99. The van der Waals surface area contributed by atoms with Crippen LogP contribution in [0.15, 0.2) is 50.4 Å². The van der Waals surface area contributed by atoms with Gasteiger partial charge < -0.3 is 9.52 Å². The van der Waals surface area contributed by atoms with Crippen LogP contribution >= 0.6 is 27.7 Å². The van der Waals surface area contributed by atoms with Crippen LogP contribution in [-0.2, 0) is 4.79 Å². The highest BCUT2D eigenvalue weighted by Crippen LogP contribution is 2.36. The van der Waals surface area contributed by atoms with Gasteiger partial charge in [-0.3, -0.25) is 9.59 Å². The van der Waals surface area contributed by atoms with E-state index in [0.29, 0.717) is 16.1 Å². The molecule has 1 fully saturated rings. The molecule has 0 aliphatic carbocycles. The number of carbonyl (C=O) groups excluding carboxylic acids is 2. The van der Waals surface area contributed by atoms with Crippen molar-refractivity contribution < 1.29 is 19.1 Å². The van der Waals surface area contributed by atoms with Crippen molar-refractivity contribution in [1.29, 1.82) is 0 Å². The minimum atomic E-state index is -0.442. The third-order valence-corrected chi connectivity index (χ3v) is 4.04. The zero-order valence-electron chi connectivity index (χ0n) is 10.4. The lowest BCUT2D eigenvalue weighted by Gasteiger charge is -2.12. The van der Waals surface area contributed by atoms with E-state index in [0.717, 1.165) is 16.7 Å². The molecule has 1 aromatic carbocycles. The summed E-state index contributed by atoms with van der Waals surface area (Å²) >= 11 is 4.00.